The number of carboxylic acids is 1. The van der Waals surface area contributed by atoms with Gasteiger partial charge < -0.3 is 21.0 Å². The van der Waals surface area contributed by atoms with E-state index in [1.165, 1.54) is 40.6 Å². The van der Waals surface area contributed by atoms with E-state index < -0.39 is 29.2 Å². The second-order valence-electron chi connectivity index (χ2n) is 5.94. The lowest BCUT2D eigenvalue weighted by molar-refractivity contribution is -0.150. The Balaban J connectivity index is 1.53. The van der Waals surface area contributed by atoms with Crippen LogP contribution in [0.3, 0.4) is 0 Å². The van der Waals surface area contributed by atoms with E-state index in [-0.39, 0.29) is 22.2 Å². The zero-order valence-electron chi connectivity index (χ0n) is 15.5. The number of hydrogen-bond donors (Lipinski definition) is 3. The molecule has 16 heteroatoms. The molecule has 0 radical (unpaired) electrons. The third-order valence-electron chi connectivity index (χ3n) is 4.14. The van der Waals surface area contributed by atoms with Crippen LogP contribution in [-0.4, -0.2) is 73.0 Å². The smallest absolute Gasteiger partial charge is 0.353 e. The number of nitrogens with zero attached hydrogens (tertiary/aromatic N) is 5. The highest BCUT2D eigenvalue weighted by molar-refractivity contribution is 8.07. The van der Waals surface area contributed by atoms with E-state index in [9.17, 15) is 19.5 Å². The van der Waals surface area contributed by atoms with E-state index in [1.807, 2.05) is 0 Å². The number of nitrogens with one attached hydrogen (secondary N) is 1. The molecule has 2 atom stereocenters. The summed E-state index contributed by atoms with van der Waals surface area (Å²) in [6.07, 6.45) is 0. The zero-order valence-corrected chi connectivity index (χ0v) is 18.8. The van der Waals surface area contributed by atoms with Gasteiger partial charge in [0.15, 0.2) is 15.2 Å². The molecule has 2 aromatic heterocycles. The van der Waals surface area contributed by atoms with Crippen molar-refractivity contribution in [1.29, 1.82) is 0 Å². The van der Waals surface area contributed by atoms with Crippen molar-refractivity contribution >= 4 is 74.8 Å². The Morgan fingerprint density at radius 2 is 2.26 bits per heavy atom. The first kappa shape index (κ1) is 21.5. The van der Waals surface area contributed by atoms with Gasteiger partial charge in [-0.25, -0.2) is 9.78 Å². The van der Waals surface area contributed by atoms with Crippen molar-refractivity contribution in [1.82, 2.24) is 25.4 Å². The molecule has 2 aliphatic rings. The van der Waals surface area contributed by atoms with Crippen LogP contribution in [0.15, 0.2) is 31.0 Å². The Kier molecular flexibility index (Phi) is 6.12. The third-order valence-corrected chi connectivity index (χ3v) is 8.13. The minimum absolute atomic E-state index is 0.113. The molecule has 1 saturated heterocycles. The fourth-order valence-corrected chi connectivity index (χ4v) is 6.55. The van der Waals surface area contributed by atoms with Crippen molar-refractivity contribution in [3.05, 3.63) is 27.2 Å². The summed E-state index contributed by atoms with van der Waals surface area (Å²) in [6, 6.07) is -0.919. The molecule has 0 saturated carbocycles. The third kappa shape index (κ3) is 4.10. The standard InChI is InChI=1S/C15H13N7O5S4/c1-27-21-7(5-2-29-14(16)18-5)10(23)19-8-11(24)22-9(13(25)26)6(3-28-12(8)22)31-15-20-17-4-30-15/h2,4,8,12H,3H2,1H3,(H2,16,18)(H,19,23)(H,25,26)/t8-,12+/m1/s1. The van der Waals surface area contributed by atoms with Crippen LogP contribution < -0.4 is 11.1 Å². The van der Waals surface area contributed by atoms with Crippen molar-refractivity contribution in [2.45, 2.75) is 15.8 Å². The van der Waals surface area contributed by atoms with Crippen LogP contribution in [0.2, 0.25) is 0 Å². The fourth-order valence-electron chi connectivity index (χ4n) is 2.88. The molecule has 2 amide bonds. The van der Waals surface area contributed by atoms with Crippen LogP contribution in [0.5, 0.6) is 0 Å². The van der Waals surface area contributed by atoms with Crippen LogP contribution in [0.4, 0.5) is 5.13 Å². The van der Waals surface area contributed by atoms with Crippen molar-refractivity contribution in [2.24, 2.45) is 5.16 Å². The largest absolute Gasteiger partial charge is 0.477 e. The van der Waals surface area contributed by atoms with Crippen molar-refractivity contribution in [2.75, 3.05) is 18.6 Å². The molecule has 162 valence electrons. The first-order valence-electron chi connectivity index (χ1n) is 8.39. The summed E-state index contributed by atoms with van der Waals surface area (Å²) in [4.78, 5) is 47.8. The molecular weight excluding hydrogens is 486 g/mol. The second kappa shape index (κ2) is 8.81. The molecular formula is C15H13N7O5S4. The monoisotopic (exact) mass is 499 g/mol. The molecule has 4 rings (SSSR count). The highest BCUT2D eigenvalue weighted by Crippen LogP contribution is 2.45. The molecule has 0 unspecified atom stereocenters. The number of rotatable bonds is 7. The predicted molar refractivity (Wildman–Crippen MR) is 116 cm³/mol. The maximum Gasteiger partial charge on any atom is 0.353 e. The van der Waals surface area contributed by atoms with Gasteiger partial charge in [-0.15, -0.1) is 33.3 Å². The second-order valence-corrected chi connectivity index (χ2v) is 10.1. The number of anilines is 1. The lowest BCUT2D eigenvalue weighted by Crippen LogP contribution is -2.71. The first-order valence-corrected chi connectivity index (χ1v) is 12.0. The van der Waals surface area contributed by atoms with E-state index in [1.54, 1.807) is 5.38 Å². The summed E-state index contributed by atoms with van der Waals surface area (Å²) in [5, 5.41) is 24.9. The molecule has 2 aliphatic heterocycles. The number of amides is 2. The number of carbonyl (C=O) groups excluding carboxylic acids is 2. The minimum atomic E-state index is -1.23. The minimum Gasteiger partial charge on any atom is -0.477 e. The van der Waals surface area contributed by atoms with Gasteiger partial charge in [-0.1, -0.05) is 28.3 Å². The highest BCUT2D eigenvalue weighted by atomic mass is 32.2. The summed E-state index contributed by atoms with van der Waals surface area (Å²) in [7, 11) is 1.28. The summed E-state index contributed by atoms with van der Waals surface area (Å²) in [5.41, 5.74) is 7.11. The SMILES string of the molecule is CON=C(C(=O)N[C@@H]1C(=O)N2C(C(=O)O)=C(Sc3nncs3)CS[C@@H]12)c1csc(N)n1. The fraction of sp³-hybridized carbons (Fsp3) is 0.267. The maximum absolute atomic E-state index is 12.8. The molecule has 2 aromatic rings. The summed E-state index contributed by atoms with van der Waals surface area (Å²) in [5.74, 6) is -2.10. The normalized spacial score (nSPS) is 20.9. The topological polar surface area (TPSA) is 173 Å². The number of nitrogens with two attached hydrogens (primary N) is 1. The van der Waals surface area contributed by atoms with Crippen LogP contribution in [-0.2, 0) is 19.2 Å². The quantitative estimate of drug-likeness (QED) is 0.274. The number of fused-ring (bicyclic) bond motifs is 1. The van der Waals surface area contributed by atoms with Crippen molar-refractivity contribution in [3.8, 4) is 0 Å². The number of carbonyl (C=O) groups is 3. The van der Waals surface area contributed by atoms with E-state index >= 15 is 0 Å². The van der Waals surface area contributed by atoms with Gasteiger partial charge in [0, 0.05) is 16.0 Å². The van der Waals surface area contributed by atoms with Gasteiger partial charge in [0.05, 0.1) is 0 Å². The molecule has 0 bridgehead atoms. The first-order chi connectivity index (χ1) is 14.9. The number of aliphatic carboxylic acids is 1. The number of aromatic nitrogens is 3. The zero-order chi connectivity index (χ0) is 22.1. The van der Waals surface area contributed by atoms with E-state index in [0.717, 1.165) is 23.1 Å². The molecule has 12 nitrogen and oxygen atoms in total. The summed E-state index contributed by atoms with van der Waals surface area (Å²) >= 11 is 4.91. The van der Waals surface area contributed by atoms with Gasteiger partial charge in [-0.05, 0) is 0 Å². The van der Waals surface area contributed by atoms with Crippen LogP contribution in [0.25, 0.3) is 0 Å². The predicted octanol–water partition coefficient (Wildman–Crippen LogP) is 0.416. The average Bonchev–Trinajstić information content (AvgIpc) is 3.41. The van der Waals surface area contributed by atoms with Gasteiger partial charge in [0.1, 0.15) is 35.4 Å². The Hall–Kier alpha value is -2.69. The van der Waals surface area contributed by atoms with E-state index in [0.29, 0.717) is 15.0 Å². The van der Waals surface area contributed by atoms with Gasteiger partial charge in [0.2, 0.25) is 0 Å². The van der Waals surface area contributed by atoms with Crippen LogP contribution >= 0.6 is 46.2 Å². The Morgan fingerprint density at radius 3 is 2.87 bits per heavy atom. The van der Waals surface area contributed by atoms with Crippen molar-refractivity contribution in [3.63, 3.8) is 0 Å². The Morgan fingerprint density at radius 1 is 1.45 bits per heavy atom. The molecule has 4 N–H and O–H groups in total. The van der Waals surface area contributed by atoms with E-state index in [2.05, 4.69) is 25.7 Å². The van der Waals surface area contributed by atoms with Crippen LogP contribution in [0.1, 0.15) is 5.69 Å². The molecule has 0 aliphatic carbocycles. The number of thioether (sulfide) groups is 2. The number of hydrogen-bond acceptors (Lipinski definition) is 13. The number of nitrogen functional groups attached to an aromatic ring is 1. The van der Waals surface area contributed by atoms with Gasteiger partial charge >= 0.3 is 5.97 Å². The lowest BCUT2D eigenvalue weighted by atomic mass is 10.0. The number of oxime groups is 1. The van der Waals surface area contributed by atoms with Crippen molar-refractivity contribution < 1.29 is 24.3 Å². The number of carboxylic acid groups (broad SMARTS) is 1. The molecule has 4 heterocycles. The van der Waals surface area contributed by atoms with Crippen LogP contribution in [0, 0.1) is 0 Å². The molecule has 0 aromatic carbocycles. The molecule has 31 heavy (non-hydrogen) atoms. The van der Waals surface area contributed by atoms with Gasteiger partial charge in [0.25, 0.3) is 11.8 Å². The number of thiazole rings is 1. The molecule has 1 fully saturated rings. The Labute approximate surface area is 190 Å². The number of β-lactam (4-membered cyclic amide) rings is 1. The maximum atomic E-state index is 12.8. The summed E-state index contributed by atoms with van der Waals surface area (Å²) in [6.45, 7) is 0. The highest BCUT2D eigenvalue weighted by Gasteiger charge is 2.54. The summed E-state index contributed by atoms with van der Waals surface area (Å²) < 4.78 is 0.577. The lowest BCUT2D eigenvalue weighted by Gasteiger charge is -2.49. The Bertz CT molecular complexity index is 1100. The molecule has 0 spiro atoms. The van der Waals surface area contributed by atoms with Gasteiger partial charge in [-0.3, -0.25) is 14.5 Å². The van der Waals surface area contributed by atoms with E-state index in [4.69, 9.17) is 10.6 Å². The van der Waals surface area contributed by atoms with Gasteiger partial charge in [-0.2, -0.15) is 0 Å². The average molecular weight is 500 g/mol.